The molecule has 9 aromatic carbocycles. The van der Waals surface area contributed by atoms with Crippen molar-refractivity contribution in [2.75, 3.05) is 5.01 Å². The monoisotopic (exact) mass is 766 g/mol. The number of para-hydroxylation sites is 2. The maximum absolute atomic E-state index is 5.44. The minimum absolute atomic E-state index is 0.739. The summed E-state index contributed by atoms with van der Waals surface area (Å²) < 4.78 is 2.49. The van der Waals surface area contributed by atoms with Gasteiger partial charge in [-0.3, -0.25) is 5.01 Å². The lowest BCUT2D eigenvalue weighted by Gasteiger charge is -2.20. The standard InChI is InChI=1S/C56H38N4/c1-5-17-37(18-6-1)41-33-49(39-21-9-3-10-22-39)58-50(34-41)46-27-15-16-28-51(46)59-52-30-29-45-47(38-19-7-2-8-20-38)31-40-23-13-14-26-44(40)55(45)56(52)48-32-42-36-57-60(53(42)35-54(48)59)43-24-11-4-12-25-43/h1-35,57H,36H2. The van der Waals surface area contributed by atoms with Crippen LogP contribution in [0.25, 0.3) is 93.8 Å². The minimum atomic E-state index is 0.739. The molecule has 0 saturated heterocycles. The molecule has 0 unspecified atom stereocenters. The van der Waals surface area contributed by atoms with Gasteiger partial charge in [0.25, 0.3) is 0 Å². The molecular weight excluding hydrogens is 729 g/mol. The van der Waals surface area contributed by atoms with Gasteiger partial charge in [0.2, 0.25) is 0 Å². The summed E-state index contributed by atoms with van der Waals surface area (Å²) in [4.78, 5) is 5.44. The van der Waals surface area contributed by atoms with Gasteiger partial charge >= 0.3 is 0 Å². The molecule has 11 aromatic rings. The third-order valence-electron chi connectivity index (χ3n) is 12.1. The van der Waals surface area contributed by atoms with Crippen LogP contribution in [-0.2, 0) is 6.54 Å². The number of anilines is 2. The first-order valence-corrected chi connectivity index (χ1v) is 20.6. The molecule has 0 aliphatic carbocycles. The Kier molecular flexibility index (Phi) is 7.97. The summed E-state index contributed by atoms with van der Waals surface area (Å²) in [6.45, 7) is 0.739. The Morgan fingerprint density at radius 3 is 1.83 bits per heavy atom. The van der Waals surface area contributed by atoms with E-state index in [0.717, 1.165) is 68.3 Å². The van der Waals surface area contributed by atoms with Crippen molar-refractivity contribution in [1.82, 2.24) is 15.0 Å². The van der Waals surface area contributed by atoms with Gasteiger partial charge in [-0.1, -0.05) is 158 Å². The van der Waals surface area contributed by atoms with E-state index in [1.165, 1.54) is 49.0 Å². The Hall–Kier alpha value is -7.79. The van der Waals surface area contributed by atoms with E-state index in [1.54, 1.807) is 0 Å². The molecule has 1 aliphatic heterocycles. The van der Waals surface area contributed by atoms with Crippen LogP contribution in [0.1, 0.15) is 5.56 Å². The zero-order chi connectivity index (χ0) is 39.6. The lowest BCUT2D eigenvalue weighted by molar-refractivity contribution is 0.766. The molecule has 60 heavy (non-hydrogen) atoms. The molecule has 282 valence electrons. The third-order valence-corrected chi connectivity index (χ3v) is 12.1. The summed E-state index contributed by atoms with van der Waals surface area (Å²) in [6, 6.07) is 76.6. The van der Waals surface area contributed by atoms with E-state index in [-0.39, 0.29) is 0 Å². The summed E-state index contributed by atoms with van der Waals surface area (Å²) in [6.07, 6.45) is 0. The summed E-state index contributed by atoms with van der Waals surface area (Å²) in [5.74, 6) is 0. The van der Waals surface area contributed by atoms with E-state index in [9.17, 15) is 0 Å². The van der Waals surface area contributed by atoms with Crippen LogP contribution in [0.2, 0.25) is 0 Å². The van der Waals surface area contributed by atoms with Crippen molar-refractivity contribution in [3.63, 3.8) is 0 Å². The second-order valence-corrected chi connectivity index (χ2v) is 15.6. The second-order valence-electron chi connectivity index (χ2n) is 15.6. The molecule has 2 aromatic heterocycles. The topological polar surface area (TPSA) is 33.1 Å². The lowest BCUT2D eigenvalue weighted by Crippen LogP contribution is -2.26. The minimum Gasteiger partial charge on any atom is -0.308 e. The molecule has 0 atom stereocenters. The van der Waals surface area contributed by atoms with Gasteiger partial charge in [-0.15, -0.1) is 0 Å². The molecule has 12 rings (SSSR count). The van der Waals surface area contributed by atoms with Gasteiger partial charge in [0, 0.05) is 33.8 Å². The number of hydrogen-bond acceptors (Lipinski definition) is 3. The van der Waals surface area contributed by atoms with Crippen LogP contribution in [0.15, 0.2) is 212 Å². The fourth-order valence-corrected chi connectivity index (χ4v) is 9.41. The summed E-state index contributed by atoms with van der Waals surface area (Å²) in [5, 5.41) is 9.71. The first kappa shape index (κ1) is 34.3. The molecule has 0 spiro atoms. The third kappa shape index (κ3) is 5.54. The molecule has 1 aliphatic rings. The van der Waals surface area contributed by atoms with Gasteiger partial charge in [-0.05, 0) is 98.6 Å². The Morgan fingerprint density at radius 1 is 0.400 bits per heavy atom. The molecule has 3 heterocycles. The van der Waals surface area contributed by atoms with Crippen LogP contribution in [-0.4, -0.2) is 9.55 Å². The highest BCUT2D eigenvalue weighted by atomic mass is 15.5. The zero-order valence-electron chi connectivity index (χ0n) is 32.8. The van der Waals surface area contributed by atoms with Crippen molar-refractivity contribution in [3.05, 3.63) is 218 Å². The van der Waals surface area contributed by atoms with E-state index in [1.807, 2.05) is 0 Å². The van der Waals surface area contributed by atoms with E-state index < -0.39 is 0 Å². The highest BCUT2D eigenvalue weighted by Crippen LogP contribution is 2.47. The number of aromatic nitrogens is 2. The van der Waals surface area contributed by atoms with E-state index >= 15 is 0 Å². The molecule has 0 fully saturated rings. The molecule has 4 nitrogen and oxygen atoms in total. The van der Waals surface area contributed by atoms with Gasteiger partial charge < -0.3 is 4.57 Å². The largest absolute Gasteiger partial charge is 0.308 e. The van der Waals surface area contributed by atoms with Crippen LogP contribution in [0, 0.1) is 0 Å². The van der Waals surface area contributed by atoms with Crippen LogP contribution in [0.3, 0.4) is 0 Å². The SMILES string of the molecule is c1ccc(-c2cc(-c3ccccc3)nc(-c3ccccc3-n3c4cc5c(cc4c4c6c(ccc43)c(-c3ccccc3)cc3ccccc36)CNN5c3ccccc3)c2)cc1. The highest BCUT2D eigenvalue weighted by Gasteiger charge is 2.26. The number of nitrogens with zero attached hydrogens (tertiary/aromatic N) is 3. The smallest absolute Gasteiger partial charge is 0.0736 e. The Labute approximate surface area is 348 Å². The molecular formula is C56H38N4. The highest BCUT2D eigenvalue weighted by molar-refractivity contribution is 6.31. The van der Waals surface area contributed by atoms with Crippen LogP contribution < -0.4 is 10.4 Å². The van der Waals surface area contributed by atoms with Gasteiger partial charge in [0.05, 0.1) is 39.5 Å². The predicted molar refractivity (Wildman–Crippen MR) is 251 cm³/mol. The molecule has 1 N–H and O–H groups in total. The number of nitrogens with one attached hydrogen (secondary N) is 1. The maximum atomic E-state index is 5.44. The van der Waals surface area contributed by atoms with Crippen molar-refractivity contribution < 1.29 is 0 Å². The molecule has 0 amide bonds. The van der Waals surface area contributed by atoms with E-state index in [0.29, 0.717) is 0 Å². The second kappa shape index (κ2) is 13.9. The summed E-state index contributed by atoms with van der Waals surface area (Å²) >= 11 is 0. The molecule has 0 radical (unpaired) electrons. The average molecular weight is 767 g/mol. The summed E-state index contributed by atoms with van der Waals surface area (Å²) in [5.41, 5.74) is 19.4. The Bertz CT molecular complexity index is 3350. The van der Waals surface area contributed by atoms with Crippen molar-refractivity contribution in [1.29, 1.82) is 0 Å². The Morgan fingerprint density at radius 2 is 1.05 bits per heavy atom. The number of benzene rings is 9. The number of hydrogen-bond donors (Lipinski definition) is 1. The van der Waals surface area contributed by atoms with Crippen molar-refractivity contribution in [2.45, 2.75) is 6.54 Å². The van der Waals surface area contributed by atoms with Gasteiger partial charge in [-0.25, -0.2) is 10.4 Å². The van der Waals surface area contributed by atoms with Gasteiger partial charge in [-0.2, -0.15) is 0 Å². The maximum Gasteiger partial charge on any atom is 0.0736 e. The first-order chi connectivity index (χ1) is 29.8. The number of rotatable bonds is 6. The van der Waals surface area contributed by atoms with Gasteiger partial charge in [0.1, 0.15) is 0 Å². The molecule has 0 bridgehead atoms. The quantitative estimate of drug-likeness (QED) is 0.171. The predicted octanol–water partition coefficient (Wildman–Crippen LogP) is 14.3. The van der Waals surface area contributed by atoms with E-state index in [2.05, 4.69) is 227 Å². The van der Waals surface area contributed by atoms with Crippen LogP contribution in [0.4, 0.5) is 11.4 Å². The van der Waals surface area contributed by atoms with Gasteiger partial charge in [0.15, 0.2) is 0 Å². The first-order valence-electron chi connectivity index (χ1n) is 20.6. The zero-order valence-corrected chi connectivity index (χ0v) is 32.8. The van der Waals surface area contributed by atoms with E-state index in [4.69, 9.17) is 4.98 Å². The Balaban J connectivity index is 1.19. The lowest BCUT2D eigenvalue weighted by atomic mass is 9.91. The average Bonchev–Trinajstić information content (AvgIpc) is 3.89. The molecule has 4 heteroatoms. The van der Waals surface area contributed by atoms with Crippen molar-refractivity contribution in [2.24, 2.45) is 0 Å². The summed E-state index contributed by atoms with van der Waals surface area (Å²) in [7, 11) is 0. The fraction of sp³-hybridized carbons (Fsp3) is 0.0179. The van der Waals surface area contributed by atoms with Crippen molar-refractivity contribution in [3.8, 4) is 50.5 Å². The van der Waals surface area contributed by atoms with Crippen LogP contribution in [0.5, 0.6) is 0 Å². The fourth-order valence-electron chi connectivity index (χ4n) is 9.41. The number of hydrazine groups is 1. The normalized spacial score (nSPS) is 12.5. The molecule has 0 saturated carbocycles. The number of pyridine rings is 1. The van der Waals surface area contributed by atoms with Crippen molar-refractivity contribution >= 4 is 54.7 Å². The van der Waals surface area contributed by atoms with Crippen LogP contribution >= 0.6 is 0 Å². The number of fused-ring (bicyclic) bond motifs is 8.